The lowest BCUT2D eigenvalue weighted by molar-refractivity contribution is -0.117. The van der Waals surface area contributed by atoms with E-state index in [1.807, 2.05) is 48.2 Å². The third-order valence-corrected chi connectivity index (χ3v) is 3.35. The minimum Gasteiger partial charge on any atom is -0.365 e. The van der Waals surface area contributed by atoms with E-state index in [-0.39, 0.29) is 11.9 Å². The van der Waals surface area contributed by atoms with Crippen molar-refractivity contribution >= 4 is 17.4 Å². The van der Waals surface area contributed by atoms with E-state index >= 15 is 0 Å². The zero-order valence-corrected chi connectivity index (χ0v) is 11.3. The highest BCUT2D eigenvalue weighted by molar-refractivity contribution is 5.96. The van der Waals surface area contributed by atoms with Crippen LogP contribution in [0.15, 0.2) is 42.7 Å². The van der Waals surface area contributed by atoms with E-state index in [1.54, 1.807) is 0 Å². The van der Waals surface area contributed by atoms with Crippen LogP contribution in [-0.2, 0) is 4.79 Å². The fraction of sp³-hybridized carbons (Fsp3) is 0.267. The van der Waals surface area contributed by atoms with Crippen molar-refractivity contribution in [2.45, 2.75) is 19.4 Å². The number of aromatic nitrogens is 2. The first-order valence-electron chi connectivity index (χ1n) is 6.63. The molecule has 0 spiro atoms. The van der Waals surface area contributed by atoms with E-state index in [4.69, 9.17) is 0 Å². The molecule has 1 unspecified atom stereocenters. The summed E-state index contributed by atoms with van der Waals surface area (Å²) < 4.78 is 0. The van der Waals surface area contributed by atoms with Gasteiger partial charge in [0.2, 0.25) is 5.91 Å². The van der Waals surface area contributed by atoms with Gasteiger partial charge in [-0.3, -0.25) is 4.79 Å². The van der Waals surface area contributed by atoms with Crippen LogP contribution in [0, 0.1) is 6.92 Å². The lowest BCUT2D eigenvalue weighted by Crippen LogP contribution is -2.27. The average molecular weight is 268 g/mol. The molecule has 1 N–H and O–H groups in total. The Labute approximate surface area is 117 Å². The number of carbonyl (C=O) groups excluding carboxylic acids is 1. The average Bonchev–Trinajstić information content (AvgIpc) is 2.80. The van der Waals surface area contributed by atoms with Gasteiger partial charge in [0, 0.05) is 30.4 Å². The van der Waals surface area contributed by atoms with Crippen LogP contribution in [0.25, 0.3) is 0 Å². The number of hydrogen-bond acceptors (Lipinski definition) is 4. The summed E-state index contributed by atoms with van der Waals surface area (Å²) in [7, 11) is 0. The molecular formula is C15H16N4O. The van der Waals surface area contributed by atoms with Crippen LogP contribution in [0.4, 0.5) is 11.5 Å². The van der Waals surface area contributed by atoms with Gasteiger partial charge in [-0.25, -0.2) is 9.97 Å². The van der Waals surface area contributed by atoms with Crippen molar-refractivity contribution < 1.29 is 4.79 Å². The maximum atomic E-state index is 12.1. The van der Waals surface area contributed by atoms with Crippen molar-refractivity contribution in [3.63, 3.8) is 0 Å². The Morgan fingerprint density at radius 2 is 2.05 bits per heavy atom. The quantitative estimate of drug-likeness (QED) is 0.925. The zero-order chi connectivity index (χ0) is 13.9. The molecule has 3 rings (SSSR count). The standard InChI is InChI=1S/C15H16N4O/c1-11-7-14(17-10-16-11)18-12-8-15(20)19(9-12)13-5-3-2-4-6-13/h2-7,10,12H,8-9H2,1H3,(H,16,17,18). The molecule has 1 saturated heterocycles. The molecule has 0 saturated carbocycles. The van der Waals surface area contributed by atoms with Crippen LogP contribution in [-0.4, -0.2) is 28.5 Å². The number of rotatable bonds is 3. The molecule has 20 heavy (non-hydrogen) atoms. The van der Waals surface area contributed by atoms with Crippen LogP contribution in [0.2, 0.25) is 0 Å². The number of nitrogens with zero attached hydrogens (tertiary/aromatic N) is 3. The molecule has 0 aliphatic carbocycles. The Morgan fingerprint density at radius 1 is 1.25 bits per heavy atom. The van der Waals surface area contributed by atoms with E-state index in [2.05, 4.69) is 15.3 Å². The number of nitrogens with one attached hydrogen (secondary N) is 1. The summed E-state index contributed by atoms with van der Waals surface area (Å²) in [6.45, 7) is 2.58. The lowest BCUT2D eigenvalue weighted by atomic mass is 10.2. The smallest absolute Gasteiger partial charge is 0.229 e. The van der Waals surface area contributed by atoms with E-state index < -0.39 is 0 Å². The molecule has 1 aromatic heterocycles. The molecule has 1 fully saturated rings. The predicted octanol–water partition coefficient (Wildman–Crippen LogP) is 2.00. The minimum atomic E-state index is 0.0806. The first-order valence-corrected chi connectivity index (χ1v) is 6.63. The highest BCUT2D eigenvalue weighted by Crippen LogP contribution is 2.22. The van der Waals surface area contributed by atoms with Crippen LogP contribution in [0.1, 0.15) is 12.1 Å². The Morgan fingerprint density at radius 3 is 2.80 bits per heavy atom. The summed E-state index contributed by atoms with van der Waals surface area (Å²) in [6.07, 6.45) is 2.02. The van der Waals surface area contributed by atoms with Crippen molar-refractivity contribution in [2.24, 2.45) is 0 Å². The summed E-state index contributed by atoms with van der Waals surface area (Å²) >= 11 is 0. The molecule has 1 atom stereocenters. The van der Waals surface area contributed by atoms with Gasteiger partial charge in [-0.1, -0.05) is 18.2 Å². The Balaban J connectivity index is 1.71. The number of benzene rings is 1. The van der Waals surface area contributed by atoms with E-state index in [1.165, 1.54) is 6.33 Å². The largest absolute Gasteiger partial charge is 0.365 e. The maximum Gasteiger partial charge on any atom is 0.229 e. The lowest BCUT2D eigenvalue weighted by Gasteiger charge is -2.17. The second-order valence-electron chi connectivity index (χ2n) is 4.93. The van der Waals surface area contributed by atoms with Crippen molar-refractivity contribution in [1.82, 2.24) is 9.97 Å². The van der Waals surface area contributed by atoms with Crippen molar-refractivity contribution in [3.05, 3.63) is 48.4 Å². The fourth-order valence-electron chi connectivity index (χ4n) is 2.40. The molecule has 2 heterocycles. The number of para-hydroxylation sites is 1. The first kappa shape index (κ1) is 12.6. The van der Waals surface area contributed by atoms with Crippen LogP contribution in [0.3, 0.4) is 0 Å². The molecule has 102 valence electrons. The van der Waals surface area contributed by atoms with Gasteiger partial charge in [-0.2, -0.15) is 0 Å². The van der Waals surface area contributed by atoms with Gasteiger partial charge in [0.15, 0.2) is 0 Å². The number of hydrogen-bond donors (Lipinski definition) is 1. The van der Waals surface area contributed by atoms with Gasteiger partial charge in [0.05, 0.1) is 6.04 Å². The van der Waals surface area contributed by atoms with Gasteiger partial charge >= 0.3 is 0 Å². The SMILES string of the molecule is Cc1cc(NC2CC(=O)N(c3ccccc3)C2)ncn1. The van der Waals surface area contributed by atoms with Crippen molar-refractivity contribution in [1.29, 1.82) is 0 Å². The second-order valence-corrected chi connectivity index (χ2v) is 4.93. The van der Waals surface area contributed by atoms with Gasteiger partial charge in [0.1, 0.15) is 12.1 Å². The first-order chi connectivity index (χ1) is 9.72. The van der Waals surface area contributed by atoms with E-state index in [9.17, 15) is 4.79 Å². The van der Waals surface area contributed by atoms with Gasteiger partial charge in [0.25, 0.3) is 0 Å². The van der Waals surface area contributed by atoms with Gasteiger partial charge < -0.3 is 10.2 Å². The molecule has 1 amide bonds. The summed E-state index contributed by atoms with van der Waals surface area (Å²) in [6, 6.07) is 11.7. The van der Waals surface area contributed by atoms with Crippen LogP contribution in [0.5, 0.6) is 0 Å². The summed E-state index contributed by atoms with van der Waals surface area (Å²) in [5.74, 6) is 0.907. The Hall–Kier alpha value is -2.43. The molecule has 2 aromatic rings. The summed E-state index contributed by atoms with van der Waals surface area (Å²) in [5.41, 5.74) is 1.85. The highest BCUT2D eigenvalue weighted by atomic mass is 16.2. The zero-order valence-electron chi connectivity index (χ0n) is 11.3. The molecule has 5 nitrogen and oxygen atoms in total. The third kappa shape index (κ3) is 2.61. The fourth-order valence-corrected chi connectivity index (χ4v) is 2.40. The van der Waals surface area contributed by atoms with Gasteiger partial charge in [-0.15, -0.1) is 0 Å². The second kappa shape index (κ2) is 5.28. The van der Waals surface area contributed by atoms with E-state index in [0.29, 0.717) is 13.0 Å². The van der Waals surface area contributed by atoms with Crippen LogP contribution < -0.4 is 10.2 Å². The normalized spacial score (nSPS) is 18.4. The van der Waals surface area contributed by atoms with Gasteiger partial charge in [-0.05, 0) is 19.1 Å². The summed E-state index contributed by atoms with van der Waals surface area (Å²) in [4.78, 5) is 22.1. The molecule has 5 heteroatoms. The number of aryl methyl sites for hydroxylation is 1. The monoisotopic (exact) mass is 268 g/mol. The highest BCUT2D eigenvalue weighted by Gasteiger charge is 2.30. The third-order valence-electron chi connectivity index (χ3n) is 3.35. The number of carbonyl (C=O) groups is 1. The number of amides is 1. The minimum absolute atomic E-state index is 0.0806. The Kier molecular flexibility index (Phi) is 3.33. The summed E-state index contributed by atoms with van der Waals surface area (Å²) in [5, 5.41) is 3.30. The van der Waals surface area contributed by atoms with E-state index in [0.717, 1.165) is 17.2 Å². The topological polar surface area (TPSA) is 58.1 Å². The number of anilines is 2. The molecule has 0 radical (unpaired) electrons. The Bertz CT molecular complexity index is 614. The van der Waals surface area contributed by atoms with Crippen LogP contribution >= 0.6 is 0 Å². The molecule has 1 aliphatic rings. The molecular weight excluding hydrogens is 252 g/mol. The predicted molar refractivity (Wildman–Crippen MR) is 77.6 cm³/mol. The van der Waals surface area contributed by atoms with Crippen molar-refractivity contribution in [2.75, 3.05) is 16.8 Å². The molecule has 1 aromatic carbocycles. The maximum absolute atomic E-state index is 12.1. The van der Waals surface area contributed by atoms with Crippen molar-refractivity contribution in [3.8, 4) is 0 Å². The molecule has 1 aliphatic heterocycles. The molecule has 0 bridgehead atoms.